The summed E-state index contributed by atoms with van der Waals surface area (Å²) in [7, 11) is 2.01. The molecule has 1 amide bonds. The van der Waals surface area contributed by atoms with Crippen molar-refractivity contribution in [3.8, 4) is 0 Å². The Morgan fingerprint density at radius 3 is 2.62 bits per heavy atom. The highest BCUT2D eigenvalue weighted by molar-refractivity contribution is 7.11. The Hall–Kier alpha value is -2.47. The number of aryl methyl sites for hydroxylation is 3. The molecule has 1 saturated carbocycles. The van der Waals surface area contributed by atoms with Crippen LogP contribution in [0.5, 0.6) is 0 Å². The van der Waals surface area contributed by atoms with E-state index in [9.17, 15) is 4.79 Å². The summed E-state index contributed by atoms with van der Waals surface area (Å²) in [6.45, 7) is 12.2. The first-order valence-electron chi connectivity index (χ1n) is 11.6. The molecule has 170 valence electrons. The van der Waals surface area contributed by atoms with Crippen molar-refractivity contribution in [1.82, 2.24) is 14.8 Å². The third kappa shape index (κ3) is 4.96. The van der Waals surface area contributed by atoms with Crippen LogP contribution in [0.1, 0.15) is 64.4 Å². The lowest BCUT2D eigenvalue weighted by molar-refractivity contribution is -0.132. The number of carbonyl (C=O) groups excluding carboxylic acids is 1. The second-order valence-corrected chi connectivity index (χ2v) is 10.5. The van der Waals surface area contributed by atoms with Crippen LogP contribution in [0.25, 0.3) is 5.70 Å². The Morgan fingerprint density at radius 2 is 1.94 bits per heavy atom. The summed E-state index contributed by atoms with van der Waals surface area (Å²) in [4.78, 5) is 27.9. The molecular formula is C26H34N4OS. The van der Waals surface area contributed by atoms with E-state index < -0.39 is 0 Å². The molecule has 2 aromatic rings. The summed E-state index contributed by atoms with van der Waals surface area (Å²) in [6, 6.07) is 6.37. The lowest BCUT2D eigenvalue weighted by Crippen LogP contribution is -2.42. The highest BCUT2D eigenvalue weighted by atomic mass is 32.1. The Labute approximate surface area is 195 Å². The SMILES string of the molecule is C=C(N=C(C1CCCCC1)N(C)CC(=O)N1Cc2nc(C)sc2C1)c1ccc(C)c(C)c1. The van der Waals surface area contributed by atoms with E-state index in [2.05, 4.69) is 48.5 Å². The summed E-state index contributed by atoms with van der Waals surface area (Å²) in [5.74, 6) is 1.52. The highest BCUT2D eigenvalue weighted by Crippen LogP contribution is 2.30. The van der Waals surface area contributed by atoms with Crippen LogP contribution in [0.4, 0.5) is 0 Å². The molecule has 0 N–H and O–H groups in total. The van der Waals surface area contributed by atoms with Gasteiger partial charge in [-0.2, -0.15) is 0 Å². The fourth-order valence-electron chi connectivity index (χ4n) is 4.70. The predicted molar refractivity (Wildman–Crippen MR) is 133 cm³/mol. The van der Waals surface area contributed by atoms with E-state index in [-0.39, 0.29) is 5.91 Å². The van der Waals surface area contributed by atoms with Gasteiger partial charge in [-0.05, 0) is 56.4 Å². The van der Waals surface area contributed by atoms with E-state index in [0.29, 0.717) is 25.6 Å². The van der Waals surface area contributed by atoms with Crippen LogP contribution in [-0.2, 0) is 17.9 Å². The van der Waals surface area contributed by atoms with Crippen LogP contribution in [0.3, 0.4) is 0 Å². The molecule has 1 aliphatic carbocycles. The zero-order chi connectivity index (χ0) is 22.8. The summed E-state index contributed by atoms with van der Waals surface area (Å²) in [5, 5.41) is 1.08. The fraction of sp³-hybridized carbons (Fsp3) is 0.500. The van der Waals surface area contributed by atoms with Crippen LogP contribution in [0.15, 0.2) is 29.8 Å². The quantitative estimate of drug-likeness (QED) is 0.447. The molecule has 1 aromatic carbocycles. The molecule has 1 aliphatic heterocycles. The number of amidine groups is 1. The van der Waals surface area contributed by atoms with Gasteiger partial charge in [0.1, 0.15) is 5.84 Å². The molecule has 2 heterocycles. The predicted octanol–water partition coefficient (Wildman–Crippen LogP) is 5.49. The number of aliphatic imine (C=N–C) groups is 1. The van der Waals surface area contributed by atoms with Crippen molar-refractivity contribution in [3.05, 3.63) is 57.0 Å². The van der Waals surface area contributed by atoms with Crippen LogP contribution < -0.4 is 0 Å². The molecule has 1 aromatic heterocycles. The van der Waals surface area contributed by atoms with Crippen molar-refractivity contribution in [2.45, 2.75) is 66.0 Å². The van der Waals surface area contributed by atoms with Gasteiger partial charge in [-0.3, -0.25) is 4.79 Å². The Bertz CT molecular complexity index is 1020. The summed E-state index contributed by atoms with van der Waals surface area (Å²) >= 11 is 1.70. The monoisotopic (exact) mass is 450 g/mol. The zero-order valence-electron chi connectivity index (χ0n) is 19.8. The first-order valence-corrected chi connectivity index (χ1v) is 12.4. The second-order valence-electron chi connectivity index (χ2n) is 9.26. The molecule has 6 heteroatoms. The number of amides is 1. The van der Waals surface area contributed by atoms with Crippen molar-refractivity contribution in [1.29, 1.82) is 0 Å². The molecular weight excluding hydrogens is 416 g/mol. The Balaban J connectivity index is 1.51. The molecule has 32 heavy (non-hydrogen) atoms. The van der Waals surface area contributed by atoms with E-state index in [4.69, 9.17) is 4.99 Å². The second kappa shape index (κ2) is 9.57. The molecule has 5 nitrogen and oxygen atoms in total. The van der Waals surface area contributed by atoms with Crippen molar-refractivity contribution in [2.75, 3.05) is 13.6 Å². The molecule has 4 rings (SSSR count). The van der Waals surface area contributed by atoms with Gasteiger partial charge in [0.15, 0.2) is 0 Å². The minimum atomic E-state index is 0.135. The minimum Gasteiger partial charge on any atom is -0.354 e. The third-order valence-electron chi connectivity index (χ3n) is 6.74. The summed E-state index contributed by atoms with van der Waals surface area (Å²) < 4.78 is 0. The van der Waals surface area contributed by atoms with Gasteiger partial charge >= 0.3 is 0 Å². The average Bonchev–Trinajstić information content (AvgIpc) is 3.32. The van der Waals surface area contributed by atoms with E-state index in [1.54, 1.807) is 11.3 Å². The first-order chi connectivity index (χ1) is 15.3. The maximum atomic E-state index is 13.1. The molecule has 0 spiro atoms. The van der Waals surface area contributed by atoms with Crippen LogP contribution in [0.2, 0.25) is 0 Å². The smallest absolute Gasteiger partial charge is 0.242 e. The Kier molecular flexibility index (Phi) is 6.79. The highest BCUT2D eigenvalue weighted by Gasteiger charge is 2.29. The van der Waals surface area contributed by atoms with Crippen molar-refractivity contribution >= 4 is 28.8 Å². The van der Waals surface area contributed by atoms with Gasteiger partial charge in [-0.15, -0.1) is 11.3 Å². The molecule has 0 atom stereocenters. The number of thiazole rings is 1. The lowest BCUT2D eigenvalue weighted by atomic mass is 9.87. The number of benzene rings is 1. The van der Waals surface area contributed by atoms with E-state index in [1.807, 2.05) is 18.9 Å². The van der Waals surface area contributed by atoms with E-state index >= 15 is 0 Å². The van der Waals surface area contributed by atoms with E-state index in [0.717, 1.165) is 40.6 Å². The number of nitrogens with zero attached hydrogens (tertiary/aromatic N) is 4. The van der Waals surface area contributed by atoms with Crippen LogP contribution in [0, 0.1) is 26.7 Å². The van der Waals surface area contributed by atoms with E-state index in [1.165, 1.54) is 35.3 Å². The van der Waals surface area contributed by atoms with Crippen molar-refractivity contribution in [3.63, 3.8) is 0 Å². The number of likely N-dealkylation sites (N-methyl/N-ethyl adjacent to an activating group) is 1. The fourth-order valence-corrected chi connectivity index (χ4v) is 5.66. The average molecular weight is 451 g/mol. The molecule has 0 radical (unpaired) electrons. The van der Waals surface area contributed by atoms with Gasteiger partial charge in [-0.1, -0.05) is 38.0 Å². The number of fused-ring (bicyclic) bond motifs is 1. The maximum Gasteiger partial charge on any atom is 0.242 e. The minimum absolute atomic E-state index is 0.135. The number of hydrogen-bond donors (Lipinski definition) is 0. The van der Waals surface area contributed by atoms with Crippen molar-refractivity contribution in [2.24, 2.45) is 10.9 Å². The maximum absolute atomic E-state index is 13.1. The molecule has 2 aliphatic rings. The number of hydrogen-bond acceptors (Lipinski definition) is 4. The number of carbonyl (C=O) groups is 1. The van der Waals surface area contributed by atoms with Crippen LogP contribution >= 0.6 is 11.3 Å². The molecule has 0 unspecified atom stereocenters. The van der Waals surface area contributed by atoms with Gasteiger partial charge in [0, 0.05) is 17.8 Å². The lowest BCUT2D eigenvalue weighted by Gasteiger charge is -2.31. The molecule has 0 bridgehead atoms. The summed E-state index contributed by atoms with van der Waals surface area (Å²) in [6.07, 6.45) is 5.98. The van der Waals surface area contributed by atoms with Gasteiger partial charge in [0.2, 0.25) is 5.91 Å². The standard InChI is InChI=1S/C26H34N4OS/c1-17-11-12-22(13-18(17)2)19(3)27-26(21-9-7-6-8-10-21)29(5)16-25(31)30-14-23-24(15-30)32-20(4)28-23/h11-13,21H,3,6-10,14-16H2,1-2,4-5H3. The van der Waals surface area contributed by atoms with Crippen molar-refractivity contribution < 1.29 is 4.79 Å². The molecule has 1 fully saturated rings. The largest absolute Gasteiger partial charge is 0.354 e. The van der Waals surface area contributed by atoms with Gasteiger partial charge < -0.3 is 9.80 Å². The van der Waals surface area contributed by atoms with Gasteiger partial charge in [-0.25, -0.2) is 9.98 Å². The van der Waals surface area contributed by atoms with Gasteiger partial charge in [0.05, 0.1) is 36.0 Å². The van der Waals surface area contributed by atoms with Crippen LogP contribution in [-0.4, -0.2) is 40.1 Å². The molecule has 0 saturated heterocycles. The Morgan fingerprint density at radius 1 is 1.19 bits per heavy atom. The number of rotatable bonds is 5. The zero-order valence-corrected chi connectivity index (χ0v) is 20.6. The third-order valence-corrected chi connectivity index (χ3v) is 7.73. The normalized spacial score (nSPS) is 16.9. The van der Waals surface area contributed by atoms with Gasteiger partial charge in [0.25, 0.3) is 0 Å². The topological polar surface area (TPSA) is 48.8 Å². The number of aromatic nitrogens is 1. The first kappa shape index (κ1) is 22.7. The summed E-state index contributed by atoms with van der Waals surface area (Å²) in [5.41, 5.74) is 5.40.